The topological polar surface area (TPSA) is 76.4 Å². The van der Waals surface area contributed by atoms with E-state index in [4.69, 9.17) is 10.6 Å². The summed E-state index contributed by atoms with van der Waals surface area (Å²) in [7, 11) is 0. The van der Waals surface area contributed by atoms with Crippen LogP contribution in [0.1, 0.15) is 54.4 Å². The van der Waals surface area contributed by atoms with E-state index in [9.17, 15) is 9.28 Å². The Morgan fingerprint density at radius 1 is 1.33 bits per heavy atom. The average molecular weight is 307 g/mol. The Morgan fingerprint density at radius 2 is 1.90 bits per heavy atom. The van der Waals surface area contributed by atoms with Crippen molar-refractivity contribution >= 4 is 5.78 Å². The predicted octanol–water partition coefficient (Wildman–Crippen LogP) is 2.37. The monoisotopic (exact) mass is 307 g/mol. The van der Waals surface area contributed by atoms with Gasteiger partial charge in [-0.2, -0.15) is 11.0 Å². The molecule has 0 aromatic carbocycles. The van der Waals surface area contributed by atoms with Crippen LogP contribution in [0, 0.1) is 11.3 Å². The normalized spacial score (nSPS) is 12.8. The van der Waals surface area contributed by atoms with Crippen LogP contribution in [0.5, 0.6) is 0 Å². The fraction of sp³-hybridized carbons (Fsp3) is 0.933. The predicted molar refractivity (Wildman–Crippen MR) is 85.2 cm³/mol. The molecule has 0 spiro atoms. The minimum Gasteiger partial charge on any atom is -0.330 e. The van der Waals surface area contributed by atoms with Crippen LogP contribution in [0.4, 0.5) is 4.48 Å². The molecule has 0 rings (SSSR count). The van der Waals surface area contributed by atoms with Crippen LogP contribution in [0.2, 0.25) is 0 Å². The van der Waals surface area contributed by atoms with E-state index < -0.39 is 0 Å². The molecular formula is C15H34FN3O2. The quantitative estimate of drug-likeness (QED) is 0.346. The second kappa shape index (κ2) is 13.1. The Bertz CT molecular complexity index is 254. The molecule has 0 amide bonds. The minimum absolute atomic E-state index is 0.0572. The first kappa shape index (κ1) is 22.7. The number of nitrogens with one attached hydrogen (secondary N) is 2. The van der Waals surface area contributed by atoms with Gasteiger partial charge in [0.2, 0.25) is 0 Å². The Balaban J connectivity index is 0. The number of carbonyl (C=O) groups is 1. The van der Waals surface area contributed by atoms with Crippen molar-refractivity contribution in [3.05, 3.63) is 0 Å². The summed E-state index contributed by atoms with van der Waals surface area (Å²) in [5, 5.41) is 0. The zero-order valence-corrected chi connectivity index (χ0v) is 14.5. The molecule has 0 heterocycles. The van der Waals surface area contributed by atoms with Gasteiger partial charge in [-0.15, -0.1) is 4.48 Å². The number of Topliss-reactive ketones (excluding diaryl/α,β-unsaturated/α-hetero) is 1. The SMILES string of the molecule is CC(C)C(CONCC(=O)C(C)(C)C)NF.CCCCN. The fourth-order valence-corrected chi connectivity index (χ4v) is 1.08. The first-order chi connectivity index (χ1) is 9.70. The molecule has 128 valence electrons. The standard InChI is InChI=1S/C11H23FN2O2.C4H11N/c1-8(2)9(14-12)7-16-13-6-10(15)11(3,4)5;1-2-3-4-5/h8-9,13-14H,6-7H2,1-5H3;2-5H2,1H3. The van der Waals surface area contributed by atoms with Crippen LogP contribution in [0.15, 0.2) is 0 Å². The smallest absolute Gasteiger partial charge is 0.154 e. The van der Waals surface area contributed by atoms with Gasteiger partial charge in [0.25, 0.3) is 0 Å². The molecule has 0 aromatic rings. The minimum atomic E-state index is -0.383. The summed E-state index contributed by atoms with van der Waals surface area (Å²) >= 11 is 0. The van der Waals surface area contributed by atoms with Crippen molar-refractivity contribution in [1.29, 1.82) is 0 Å². The number of unbranched alkanes of at least 4 members (excludes halogenated alkanes) is 1. The largest absolute Gasteiger partial charge is 0.330 e. The van der Waals surface area contributed by atoms with E-state index in [1.165, 1.54) is 12.8 Å². The van der Waals surface area contributed by atoms with Gasteiger partial charge in [-0.1, -0.05) is 48.0 Å². The van der Waals surface area contributed by atoms with Gasteiger partial charge >= 0.3 is 0 Å². The highest BCUT2D eigenvalue weighted by Crippen LogP contribution is 2.13. The lowest BCUT2D eigenvalue weighted by molar-refractivity contribution is -0.128. The Morgan fingerprint density at radius 3 is 2.19 bits per heavy atom. The number of nitrogens with two attached hydrogens (primary N) is 1. The number of rotatable bonds is 9. The Kier molecular flexibility index (Phi) is 14.2. The van der Waals surface area contributed by atoms with Crippen LogP contribution in [0.3, 0.4) is 0 Å². The molecule has 0 radical (unpaired) electrons. The van der Waals surface area contributed by atoms with Gasteiger partial charge in [0.1, 0.15) is 0 Å². The van der Waals surface area contributed by atoms with Crippen molar-refractivity contribution in [2.45, 2.75) is 60.4 Å². The maximum atomic E-state index is 12.3. The number of hydrogen-bond acceptors (Lipinski definition) is 5. The summed E-state index contributed by atoms with van der Waals surface area (Å²) in [6, 6.07) is -0.364. The van der Waals surface area contributed by atoms with Crippen molar-refractivity contribution < 1.29 is 14.1 Å². The summed E-state index contributed by atoms with van der Waals surface area (Å²) in [4.78, 5) is 16.5. The number of halogens is 1. The van der Waals surface area contributed by atoms with E-state index in [1.54, 1.807) is 5.54 Å². The third-order valence-corrected chi connectivity index (χ3v) is 2.94. The lowest BCUT2D eigenvalue weighted by Crippen LogP contribution is -2.38. The van der Waals surface area contributed by atoms with Crippen LogP contribution < -0.4 is 16.8 Å². The number of hydrogen-bond donors (Lipinski definition) is 3. The fourth-order valence-electron chi connectivity index (χ4n) is 1.08. The molecule has 1 atom stereocenters. The van der Waals surface area contributed by atoms with E-state index >= 15 is 0 Å². The molecule has 1 unspecified atom stereocenters. The third-order valence-electron chi connectivity index (χ3n) is 2.94. The molecule has 0 aliphatic carbocycles. The van der Waals surface area contributed by atoms with Crippen molar-refractivity contribution in [3.63, 3.8) is 0 Å². The Labute approximate surface area is 129 Å². The first-order valence-corrected chi connectivity index (χ1v) is 7.64. The maximum absolute atomic E-state index is 12.3. The molecule has 0 aliphatic heterocycles. The molecule has 0 saturated heterocycles. The molecule has 0 aliphatic rings. The number of ketones is 1. The van der Waals surface area contributed by atoms with E-state index in [-0.39, 0.29) is 36.3 Å². The summed E-state index contributed by atoms with van der Waals surface area (Å²) < 4.78 is 12.3. The molecule has 0 bridgehead atoms. The summed E-state index contributed by atoms with van der Waals surface area (Å²) in [5.41, 5.74) is 8.98. The molecule has 4 N–H and O–H groups in total. The van der Waals surface area contributed by atoms with E-state index in [0.717, 1.165) is 6.54 Å². The van der Waals surface area contributed by atoms with Gasteiger partial charge < -0.3 is 5.73 Å². The van der Waals surface area contributed by atoms with E-state index in [0.29, 0.717) is 0 Å². The first-order valence-electron chi connectivity index (χ1n) is 7.64. The highest BCUT2D eigenvalue weighted by Gasteiger charge is 2.20. The maximum Gasteiger partial charge on any atom is 0.154 e. The van der Waals surface area contributed by atoms with Gasteiger partial charge in [0.05, 0.1) is 19.2 Å². The number of carbonyl (C=O) groups excluding carboxylic acids is 1. The Hall–Kier alpha value is -0.560. The molecule has 5 nitrogen and oxygen atoms in total. The lowest BCUT2D eigenvalue weighted by Gasteiger charge is -2.19. The zero-order valence-electron chi connectivity index (χ0n) is 14.5. The molecule has 6 heteroatoms. The van der Waals surface area contributed by atoms with Gasteiger partial charge in [-0.3, -0.25) is 9.63 Å². The number of hydroxylamine groups is 1. The van der Waals surface area contributed by atoms with E-state index in [2.05, 4.69) is 12.4 Å². The van der Waals surface area contributed by atoms with Gasteiger partial charge in [-0.25, -0.2) is 0 Å². The van der Waals surface area contributed by atoms with Crippen LogP contribution in [-0.2, 0) is 9.63 Å². The van der Waals surface area contributed by atoms with Crippen LogP contribution >= 0.6 is 0 Å². The molecule has 0 fully saturated rings. The third kappa shape index (κ3) is 14.2. The van der Waals surface area contributed by atoms with Crippen molar-refractivity contribution in [2.24, 2.45) is 17.1 Å². The molecule has 0 aromatic heterocycles. The molecule has 21 heavy (non-hydrogen) atoms. The highest BCUT2D eigenvalue weighted by molar-refractivity contribution is 5.85. The second-order valence-electron chi connectivity index (χ2n) is 6.41. The summed E-state index contributed by atoms with van der Waals surface area (Å²) in [6.45, 7) is 12.6. The van der Waals surface area contributed by atoms with Crippen LogP contribution in [0.25, 0.3) is 0 Å². The highest BCUT2D eigenvalue weighted by atomic mass is 19.2. The second-order valence-corrected chi connectivity index (χ2v) is 6.41. The summed E-state index contributed by atoms with van der Waals surface area (Å²) in [6.07, 6.45) is 2.39. The van der Waals surface area contributed by atoms with Gasteiger partial charge in [0.15, 0.2) is 5.78 Å². The van der Waals surface area contributed by atoms with Gasteiger partial charge in [-0.05, 0) is 18.9 Å². The van der Waals surface area contributed by atoms with Crippen molar-refractivity contribution in [1.82, 2.24) is 11.0 Å². The van der Waals surface area contributed by atoms with E-state index in [1.807, 2.05) is 34.6 Å². The zero-order chi connectivity index (χ0) is 16.9. The van der Waals surface area contributed by atoms with Gasteiger partial charge in [0, 0.05) is 5.41 Å². The molecule has 0 saturated carbocycles. The van der Waals surface area contributed by atoms with Crippen molar-refractivity contribution in [3.8, 4) is 0 Å². The van der Waals surface area contributed by atoms with Crippen molar-refractivity contribution in [2.75, 3.05) is 19.7 Å². The molecular weight excluding hydrogens is 273 g/mol. The lowest BCUT2D eigenvalue weighted by atomic mass is 9.91. The summed E-state index contributed by atoms with van der Waals surface area (Å²) in [5.74, 6) is 0.187. The van der Waals surface area contributed by atoms with Crippen LogP contribution in [-0.4, -0.2) is 31.5 Å². The average Bonchev–Trinajstić information content (AvgIpc) is 2.38.